The number of aromatic nitrogens is 1. The number of rotatable bonds is 2. The van der Waals surface area contributed by atoms with E-state index in [4.69, 9.17) is 11.6 Å². The Morgan fingerprint density at radius 1 is 1.67 bits per heavy atom. The lowest BCUT2D eigenvalue weighted by Gasteiger charge is -1.99. The van der Waals surface area contributed by atoms with Crippen molar-refractivity contribution in [2.75, 3.05) is 5.52 Å². The Bertz CT molecular complexity index is 292. The lowest BCUT2D eigenvalue weighted by atomic mass is 10.3. The molecule has 12 heavy (non-hydrogen) atoms. The number of hydrogen-bond acceptors (Lipinski definition) is 3. The summed E-state index contributed by atoms with van der Waals surface area (Å²) in [6.07, 6.45) is 2.85. The number of ether oxygens (including phenoxy) is 1. The van der Waals surface area contributed by atoms with E-state index in [1.807, 2.05) is 0 Å². The maximum Gasteiger partial charge on any atom is 0.340 e. The number of carbonyl (C=O) groups excluding carboxylic acids is 1. The minimum absolute atomic E-state index is 0.165. The summed E-state index contributed by atoms with van der Waals surface area (Å²) in [6, 6.07) is 1.50. The average molecular weight is 250 g/mol. The molecule has 64 valence electrons. The highest BCUT2D eigenvalue weighted by Crippen LogP contribution is 2.09. The summed E-state index contributed by atoms with van der Waals surface area (Å²) < 4.78 is 4.66. The average Bonchev–Trinajstić information content (AvgIpc) is 2.05. The molecule has 0 aliphatic heterocycles. The van der Waals surface area contributed by atoms with Crippen LogP contribution in [0.4, 0.5) is 0 Å². The standard InChI is InChI=1S/C7H5BrClNO2/c8-4-12-7(11)5-1-6(9)3-10-2-5/h1-3H,4H2. The third kappa shape index (κ3) is 2.46. The lowest BCUT2D eigenvalue weighted by molar-refractivity contribution is 0.0583. The first-order valence-corrected chi connectivity index (χ1v) is 4.57. The molecule has 1 heterocycles. The molecule has 0 N–H and O–H groups in total. The number of alkyl halides is 1. The number of carbonyl (C=O) groups is 1. The van der Waals surface area contributed by atoms with E-state index in [2.05, 4.69) is 25.7 Å². The van der Waals surface area contributed by atoms with Gasteiger partial charge in [0.2, 0.25) is 0 Å². The first-order valence-electron chi connectivity index (χ1n) is 3.07. The van der Waals surface area contributed by atoms with Crippen molar-refractivity contribution in [3.05, 3.63) is 29.0 Å². The van der Waals surface area contributed by atoms with Gasteiger partial charge in [-0.1, -0.05) is 11.6 Å². The maximum atomic E-state index is 11.0. The van der Waals surface area contributed by atoms with Crippen LogP contribution in [0.15, 0.2) is 18.5 Å². The van der Waals surface area contributed by atoms with E-state index < -0.39 is 5.97 Å². The summed E-state index contributed by atoms with van der Waals surface area (Å²) >= 11 is 8.58. The van der Waals surface area contributed by atoms with E-state index in [-0.39, 0.29) is 5.52 Å². The van der Waals surface area contributed by atoms with Crippen molar-refractivity contribution in [1.29, 1.82) is 0 Å². The van der Waals surface area contributed by atoms with Crippen LogP contribution < -0.4 is 0 Å². The minimum atomic E-state index is -0.443. The van der Waals surface area contributed by atoms with Gasteiger partial charge in [0, 0.05) is 12.4 Å². The predicted octanol–water partition coefficient (Wildman–Crippen LogP) is 2.24. The smallest absolute Gasteiger partial charge is 0.340 e. The van der Waals surface area contributed by atoms with Crippen molar-refractivity contribution >= 4 is 33.5 Å². The number of halogens is 2. The van der Waals surface area contributed by atoms with Crippen LogP contribution in [0.5, 0.6) is 0 Å². The monoisotopic (exact) mass is 249 g/mol. The third-order valence-electron chi connectivity index (χ3n) is 1.13. The van der Waals surface area contributed by atoms with Gasteiger partial charge in [-0.25, -0.2) is 4.79 Å². The molecule has 0 aliphatic carbocycles. The first-order chi connectivity index (χ1) is 5.74. The molecule has 3 nitrogen and oxygen atoms in total. The van der Waals surface area contributed by atoms with Gasteiger partial charge in [0.1, 0.15) is 5.52 Å². The van der Waals surface area contributed by atoms with Crippen LogP contribution in [-0.2, 0) is 4.74 Å². The molecule has 0 spiro atoms. The zero-order valence-corrected chi connectivity index (χ0v) is 8.30. The van der Waals surface area contributed by atoms with Crippen LogP contribution in [0.2, 0.25) is 5.02 Å². The highest BCUT2D eigenvalue weighted by Gasteiger charge is 2.06. The van der Waals surface area contributed by atoms with Gasteiger partial charge in [0.25, 0.3) is 0 Å². The summed E-state index contributed by atoms with van der Waals surface area (Å²) in [5.41, 5.74) is 0.514. The molecule has 0 saturated carbocycles. The van der Waals surface area contributed by atoms with Crippen molar-refractivity contribution in [3.8, 4) is 0 Å². The molecular weight excluding hydrogens is 245 g/mol. The molecule has 0 amide bonds. The van der Waals surface area contributed by atoms with Crippen molar-refractivity contribution in [1.82, 2.24) is 4.98 Å². The molecule has 0 aliphatic rings. The van der Waals surface area contributed by atoms with Crippen LogP contribution >= 0.6 is 27.5 Å². The summed E-state index contributed by atoms with van der Waals surface area (Å²) in [6.45, 7) is 0. The second-order valence-corrected chi connectivity index (χ2v) is 2.83. The fourth-order valence-corrected chi connectivity index (χ4v) is 1.04. The summed E-state index contributed by atoms with van der Waals surface area (Å²) in [5.74, 6) is -0.443. The number of pyridine rings is 1. The van der Waals surface area contributed by atoms with Gasteiger partial charge in [0.05, 0.1) is 10.6 Å². The molecule has 1 aromatic rings. The molecule has 1 rings (SSSR count). The Morgan fingerprint density at radius 3 is 3.00 bits per heavy atom. The van der Waals surface area contributed by atoms with E-state index in [1.54, 1.807) is 0 Å². The Balaban J connectivity index is 2.81. The van der Waals surface area contributed by atoms with E-state index in [0.717, 1.165) is 0 Å². The lowest BCUT2D eigenvalue weighted by Crippen LogP contribution is -2.03. The van der Waals surface area contributed by atoms with Crippen molar-refractivity contribution < 1.29 is 9.53 Å². The van der Waals surface area contributed by atoms with E-state index in [1.165, 1.54) is 18.5 Å². The summed E-state index contributed by atoms with van der Waals surface area (Å²) in [4.78, 5) is 14.8. The number of esters is 1. The topological polar surface area (TPSA) is 39.2 Å². The van der Waals surface area contributed by atoms with Crippen LogP contribution in [0.1, 0.15) is 10.4 Å². The van der Waals surface area contributed by atoms with Crippen LogP contribution in [0.3, 0.4) is 0 Å². The summed E-state index contributed by atoms with van der Waals surface area (Å²) in [7, 11) is 0. The highest BCUT2D eigenvalue weighted by atomic mass is 79.9. The second-order valence-electron chi connectivity index (χ2n) is 1.93. The largest absolute Gasteiger partial charge is 0.450 e. The van der Waals surface area contributed by atoms with Gasteiger partial charge < -0.3 is 4.74 Å². The quantitative estimate of drug-likeness (QED) is 0.597. The van der Waals surface area contributed by atoms with Gasteiger partial charge >= 0.3 is 5.97 Å². The third-order valence-corrected chi connectivity index (χ3v) is 1.56. The van der Waals surface area contributed by atoms with Gasteiger partial charge in [-0.15, -0.1) is 0 Å². The Morgan fingerprint density at radius 2 is 2.42 bits per heavy atom. The molecule has 0 atom stereocenters. The molecule has 0 unspecified atom stereocenters. The number of hydrogen-bond donors (Lipinski definition) is 0. The van der Waals surface area contributed by atoms with Gasteiger partial charge in [0.15, 0.2) is 0 Å². The highest BCUT2D eigenvalue weighted by molar-refractivity contribution is 9.09. The zero-order chi connectivity index (χ0) is 8.97. The molecular formula is C7H5BrClNO2. The Kier molecular flexibility index (Phi) is 3.49. The minimum Gasteiger partial charge on any atom is -0.450 e. The van der Waals surface area contributed by atoms with Gasteiger partial charge in [-0.2, -0.15) is 0 Å². The fraction of sp³-hybridized carbons (Fsp3) is 0.143. The number of nitrogens with zero attached hydrogens (tertiary/aromatic N) is 1. The molecule has 1 aromatic heterocycles. The molecule has 0 radical (unpaired) electrons. The normalized spacial score (nSPS) is 9.50. The Hall–Kier alpha value is -0.610. The molecule has 0 aromatic carbocycles. The van der Waals surface area contributed by atoms with Crippen LogP contribution in [-0.4, -0.2) is 16.5 Å². The fourth-order valence-electron chi connectivity index (χ4n) is 0.656. The molecule has 0 saturated heterocycles. The van der Waals surface area contributed by atoms with E-state index >= 15 is 0 Å². The predicted molar refractivity (Wildman–Crippen MR) is 48.5 cm³/mol. The van der Waals surface area contributed by atoms with Gasteiger partial charge in [-0.05, 0) is 22.0 Å². The van der Waals surface area contributed by atoms with E-state index in [0.29, 0.717) is 10.6 Å². The molecule has 0 bridgehead atoms. The summed E-state index contributed by atoms with van der Waals surface area (Å²) in [5, 5.41) is 0.416. The van der Waals surface area contributed by atoms with Crippen LogP contribution in [0, 0.1) is 0 Å². The molecule has 5 heteroatoms. The zero-order valence-electron chi connectivity index (χ0n) is 5.96. The molecule has 0 fully saturated rings. The first kappa shape index (κ1) is 9.48. The maximum absolute atomic E-state index is 11.0. The Labute approximate surface area is 82.8 Å². The van der Waals surface area contributed by atoms with Gasteiger partial charge in [-0.3, -0.25) is 4.98 Å². The van der Waals surface area contributed by atoms with Crippen LogP contribution in [0.25, 0.3) is 0 Å². The second kappa shape index (κ2) is 4.42. The van der Waals surface area contributed by atoms with E-state index in [9.17, 15) is 4.79 Å². The van der Waals surface area contributed by atoms with Crippen molar-refractivity contribution in [2.24, 2.45) is 0 Å². The van der Waals surface area contributed by atoms with Crippen molar-refractivity contribution in [3.63, 3.8) is 0 Å². The SMILES string of the molecule is O=C(OCBr)c1cncc(Cl)c1. The van der Waals surface area contributed by atoms with Crippen molar-refractivity contribution in [2.45, 2.75) is 0 Å².